The van der Waals surface area contributed by atoms with E-state index in [0.29, 0.717) is 0 Å². The van der Waals surface area contributed by atoms with E-state index in [-0.39, 0.29) is 12.4 Å². The summed E-state index contributed by atoms with van der Waals surface area (Å²) in [4.78, 5) is 11.7. The van der Waals surface area contributed by atoms with Gasteiger partial charge in [0.25, 0.3) is 0 Å². The fourth-order valence-electron chi connectivity index (χ4n) is 3.32. The molecule has 0 spiro atoms. The molecular formula is C18H14ClN3. The topological polar surface area (TPSA) is 44.5 Å². The summed E-state index contributed by atoms with van der Waals surface area (Å²) in [5.74, 6) is 0. The molecular weight excluding hydrogens is 294 g/mol. The van der Waals surface area contributed by atoms with Crippen LogP contribution in [0.2, 0.25) is 0 Å². The Morgan fingerprint density at radius 1 is 0.818 bits per heavy atom. The highest BCUT2D eigenvalue weighted by Gasteiger charge is 2.13. The van der Waals surface area contributed by atoms with Crippen molar-refractivity contribution in [3.63, 3.8) is 0 Å². The lowest BCUT2D eigenvalue weighted by Crippen LogP contribution is -1.76. The molecule has 4 heteroatoms. The van der Waals surface area contributed by atoms with E-state index in [2.05, 4.69) is 64.3 Å². The van der Waals surface area contributed by atoms with Crippen LogP contribution in [0.5, 0.6) is 0 Å². The second-order valence-corrected chi connectivity index (χ2v) is 5.56. The molecule has 0 radical (unpaired) electrons. The molecule has 3 nitrogen and oxygen atoms in total. The highest BCUT2D eigenvalue weighted by molar-refractivity contribution is 6.22. The normalized spacial score (nSPS) is 11.5. The number of pyridine rings is 1. The number of halogens is 1. The number of aryl methyl sites for hydroxylation is 1. The van der Waals surface area contributed by atoms with Gasteiger partial charge in [0.1, 0.15) is 0 Å². The minimum absolute atomic E-state index is 0. The lowest BCUT2D eigenvalue weighted by atomic mass is 10.1. The summed E-state index contributed by atoms with van der Waals surface area (Å²) in [6, 6.07) is 14.7. The monoisotopic (exact) mass is 307 g/mol. The summed E-state index contributed by atoms with van der Waals surface area (Å²) in [6.07, 6.45) is 1.94. The molecule has 3 aromatic heterocycles. The molecule has 0 saturated carbocycles. The van der Waals surface area contributed by atoms with Crippen LogP contribution in [0, 0.1) is 6.92 Å². The summed E-state index contributed by atoms with van der Waals surface area (Å²) < 4.78 is 0. The Morgan fingerprint density at radius 3 is 2.55 bits per heavy atom. The Bertz CT molecular complexity index is 1150. The van der Waals surface area contributed by atoms with E-state index >= 15 is 0 Å². The number of aromatic nitrogens is 3. The van der Waals surface area contributed by atoms with Gasteiger partial charge in [-0.05, 0) is 18.6 Å². The largest absolute Gasteiger partial charge is 0.353 e. The molecule has 108 valence electrons. The van der Waals surface area contributed by atoms with Crippen molar-refractivity contribution in [1.82, 2.24) is 15.0 Å². The van der Waals surface area contributed by atoms with Gasteiger partial charge < -0.3 is 9.97 Å². The van der Waals surface area contributed by atoms with E-state index in [4.69, 9.17) is 0 Å². The van der Waals surface area contributed by atoms with Crippen LogP contribution in [-0.4, -0.2) is 15.0 Å². The van der Waals surface area contributed by atoms with Gasteiger partial charge in [-0.2, -0.15) is 0 Å². The van der Waals surface area contributed by atoms with Gasteiger partial charge in [0.2, 0.25) is 0 Å². The molecule has 0 aliphatic carbocycles. The van der Waals surface area contributed by atoms with Gasteiger partial charge in [-0.25, -0.2) is 0 Å². The molecule has 0 aliphatic rings. The Balaban J connectivity index is 0.00000125. The fourth-order valence-corrected chi connectivity index (χ4v) is 3.32. The molecule has 2 aromatic carbocycles. The fraction of sp³-hybridized carbons (Fsp3) is 0.0556. The number of fused-ring (bicyclic) bond motifs is 7. The van der Waals surface area contributed by atoms with Crippen LogP contribution in [0.3, 0.4) is 0 Å². The number of para-hydroxylation sites is 2. The van der Waals surface area contributed by atoms with Crippen molar-refractivity contribution in [3.05, 3.63) is 54.2 Å². The quantitative estimate of drug-likeness (QED) is 0.411. The second-order valence-electron chi connectivity index (χ2n) is 5.56. The van der Waals surface area contributed by atoms with Gasteiger partial charge in [-0.1, -0.05) is 36.4 Å². The molecule has 0 fully saturated rings. The minimum Gasteiger partial charge on any atom is -0.353 e. The molecule has 22 heavy (non-hydrogen) atoms. The smallest absolute Gasteiger partial charge is 0.0965 e. The van der Waals surface area contributed by atoms with E-state index in [9.17, 15) is 0 Å². The molecule has 0 atom stereocenters. The van der Waals surface area contributed by atoms with Crippen LogP contribution in [0.1, 0.15) is 5.56 Å². The number of nitrogens with zero attached hydrogens (tertiary/aromatic N) is 1. The van der Waals surface area contributed by atoms with Gasteiger partial charge in [0.05, 0.1) is 28.3 Å². The molecule has 0 amide bonds. The highest BCUT2D eigenvalue weighted by atomic mass is 35.5. The van der Waals surface area contributed by atoms with Gasteiger partial charge in [0.15, 0.2) is 0 Å². The third-order valence-electron chi connectivity index (χ3n) is 4.32. The molecule has 5 rings (SSSR count). The summed E-state index contributed by atoms with van der Waals surface area (Å²) in [5, 5.41) is 3.66. The van der Waals surface area contributed by atoms with E-state index in [1.54, 1.807) is 0 Å². The van der Waals surface area contributed by atoms with E-state index in [0.717, 1.165) is 22.1 Å². The highest BCUT2D eigenvalue weighted by Crippen LogP contribution is 2.34. The zero-order valence-electron chi connectivity index (χ0n) is 12.0. The average Bonchev–Trinajstić information content (AvgIpc) is 3.05. The van der Waals surface area contributed by atoms with Crippen molar-refractivity contribution < 1.29 is 0 Å². The first kappa shape index (κ1) is 13.2. The van der Waals surface area contributed by atoms with Gasteiger partial charge in [-0.15, -0.1) is 12.4 Å². The number of benzene rings is 2. The van der Waals surface area contributed by atoms with Gasteiger partial charge in [0, 0.05) is 21.7 Å². The lowest BCUT2D eigenvalue weighted by Gasteiger charge is -1.94. The predicted molar refractivity (Wildman–Crippen MR) is 94.9 cm³/mol. The Labute approximate surface area is 132 Å². The summed E-state index contributed by atoms with van der Waals surface area (Å²) in [6.45, 7) is 2.13. The first-order valence-corrected chi connectivity index (χ1v) is 7.09. The first-order valence-electron chi connectivity index (χ1n) is 7.09. The molecule has 0 aliphatic heterocycles. The summed E-state index contributed by atoms with van der Waals surface area (Å²) in [7, 11) is 0. The van der Waals surface area contributed by atoms with Crippen LogP contribution in [0.4, 0.5) is 0 Å². The molecule has 0 saturated heterocycles. The minimum atomic E-state index is 0. The molecule has 3 heterocycles. The van der Waals surface area contributed by atoms with Gasteiger partial charge >= 0.3 is 0 Å². The van der Waals surface area contributed by atoms with Crippen LogP contribution < -0.4 is 0 Å². The molecule has 0 unspecified atom stereocenters. The maximum atomic E-state index is 4.67. The average molecular weight is 308 g/mol. The number of nitrogens with one attached hydrogen (secondary N) is 2. The van der Waals surface area contributed by atoms with E-state index in [1.165, 1.54) is 27.2 Å². The predicted octanol–water partition coefficient (Wildman–Crippen LogP) is 5.08. The van der Waals surface area contributed by atoms with Crippen molar-refractivity contribution in [3.8, 4) is 0 Å². The first-order chi connectivity index (χ1) is 10.3. The zero-order chi connectivity index (χ0) is 14.0. The van der Waals surface area contributed by atoms with Crippen molar-refractivity contribution in [1.29, 1.82) is 0 Å². The Morgan fingerprint density at radius 2 is 1.64 bits per heavy atom. The van der Waals surface area contributed by atoms with Crippen LogP contribution in [0.15, 0.2) is 48.7 Å². The van der Waals surface area contributed by atoms with Crippen LogP contribution >= 0.6 is 12.4 Å². The van der Waals surface area contributed by atoms with Gasteiger partial charge in [-0.3, -0.25) is 4.98 Å². The summed E-state index contributed by atoms with van der Waals surface area (Å²) >= 11 is 0. The third-order valence-corrected chi connectivity index (χ3v) is 4.32. The van der Waals surface area contributed by atoms with Crippen molar-refractivity contribution in [2.45, 2.75) is 6.92 Å². The zero-order valence-corrected chi connectivity index (χ0v) is 12.8. The SMILES string of the molecule is Cc1cccc2c1[nH]c1c2ncc2[nH]c3ccccc3c21.Cl. The number of rotatable bonds is 0. The second kappa shape index (κ2) is 4.49. The number of hydrogen-bond acceptors (Lipinski definition) is 1. The van der Waals surface area contributed by atoms with E-state index < -0.39 is 0 Å². The van der Waals surface area contributed by atoms with Crippen LogP contribution in [-0.2, 0) is 0 Å². The molecule has 5 aromatic rings. The number of H-pyrrole nitrogens is 2. The Kier molecular flexibility index (Phi) is 2.68. The molecule has 0 bridgehead atoms. The number of hydrogen-bond donors (Lipinski definition) is 2. The number of aromatic amines is 2. The molecule has 2 N–H and O–H groups in total. The standard InChI is InChI=1S/C18H13N3.ClH/c1-10-5-4-7-12-16(10)21-18-15-11-6-2-3-8-13(11)20-14(15)9-19-17(12)18;/h2-9,20-21H,1H3;1H. The maximum Gasteiger partial charge on any atom is 0.0965 e. The van der Waals surface area contributed by atoms with Crippen molar-refractivity contribution >= 4 is 56.1 Å². The van der Waals surface area contributed by atoms with Crippen molar-refractivity contribution in [2.24, 2.45) is 0 Å². The lowest BCUT2D eigenvalue weighted by molar-refractivity contribution is 1.42. The van der Waals surface area contributed by atoms with Crippen LogP contribution in [0.25, 0.3) is 43.7 Å². The summed E-state index contributed by atoms with van der Waals surface area (Å²) in [5.41, 5.74) is 6.82. The van der Waals surface area contributed by atoms with Crippen molar-refractivity contribution in [2.75, 3.05) is 0 Å². The van der Waals surface area contributed by atoms with E-state index in [1.807, 2.05) is 6.20 Å². The maximum absolute atomic E-state index is 4.67. The third kappa shape index (κ3) is 1.54. The Hall–Kier alpha value is -2.52.